The summed E-state index contributed by atoms with van der Waals surface area (Å²) in [6.07, 6.45) is 7.56. The molecule has 0 unspecified atom stereocenters. The van der Waals surface area contributed by atoms with Crippen molar-refractivity contribution in [2.75, 3.05) is 19.8 Å². The van der Waals surface area contributed by atoms with Gasteiger partial charge in [0.25, 0.3) is 0 Å². The number of aliphatic hydroxyl groups is 2. The number of hydrogen-bond acceptors (Lipinski definition) is 8. The Morgan fingerprint density at radius 1 is 1.02 bits per heavy atom. The minimum absolute atomic E-state index is 0.0207. The maximum absolute atomic E-state index is 13.6. The van der Waals surface area contributed by atoms with Crippen molar-refractivity contribution in [1.29, 1.82) is 0 Å². The Kier molecular flexibility index (Phi) is 10.5. The second-order valence-corrected chi connectivity index (χ2v) is 16.9. The Hall–Kier alpha value is -2.88. The summed E-state index contributed by atoms with van der Waals surface area (Å²) in [5, 5.41) is 26.6. The average Bonchev–Trinajstić information content (AvgIpc) is 3.37. The predicted molar refractivity (Wildman–Crippen MR) is 188 cm³/mol. The number of benzene rings is 1. The summed E-state index contributed by atoms with van der Waals surface area (Å²) in [6.45, 7) is 9.02. The van der Waals surface area contributed by atoms with E-state index in [-0.39, 0.29) is 72.1 Å². The number of rotatable bonds is 11. The van der Waals surface area contributed by atoms with Gasteiger partial charge in [-0.3, -0.25) is 19.2 Å². The van der Waals surface area contributed by atoms with Gasteiger partial charge in [0.1, 0.15) is 5.60 Å². The first-order valence-electron chi connectivity index (χ1n) is 19.0. The Morgan fingerprint density at radius 3 is 2.52 bits per heavy atom. The molecule has 9 heteroatoms. The fourth-order valence-corrected chi connectivity index (χ4v) is 11.0. The zero-order valence-corrected chi connectivity index (χ0v) is 30.4. The third-order valence-corrected chi connectivity index (χ3v) is 14.0. The maximum atomic E-state index is 13.6. The molecule has 6 rings (SSSR count). The zero-order chi connectivity index (χ0) is 35.9. The molecule has 1 amide bonds. The van der Waals surface area contributed by atoms with Crippen LogP contribution < -0.4 is 5.32 Å². The third kappa shape index (κ3) is 6.63. The number of esters is 1. The van der Waals surface area contributed by atoms with E-state index in [1.807, 2.05) is 13.0 Å². The first-order valence-corrected chi connectivity index (χ1v) is 19.0. The van der Waals surface area contributed by atoms with E-state index in [1.54, 1.807) is 6.08 Å². The molecule has 1 aliphatic heterocycles. The van der Waals surface area contributed by atoms with E-state index in [1.165, 1.54) is 5.56 Å². The van der Waals surface area contributed by atoms with Gasteiger partial charge in [-0.15, -0.1) is 0 Å². The van der Waals surface area contributed by atoms with Gasteiger partial charge in [-0.05, 0) is 98.5 Å². The number of carbonyl (C=O) groups is 4. The van der Waals surface area contributed by atoms with Crippen LogP contribution in [0.4, 0.5) is 0 Å². The summed E-state index contributed by atoms with van der Waals surface area (Å²) >= 11 is 0. The fourth-order valence-electron chi connectivity index (χ4n) is 11.0. The monoisotopic (exact) mass is 691 g/mol. The highest BCUT2D eigenvalue weighted by Crippen LogP contribution is 2.67. The van der Waals surface area contributed by atoms with Crippen molar-refractivity contribution < 1.29 is 38.9 Å². The van der Waals surface area contributed by atoms with E-state index < -0.39 is 35.5 Å². The van der Waals surface area contributed by atoms with E-state index in [4.69, 9.17) is 9.47 Å². The van der Waals surface area contributed by atoms with Gasteiger partial charge < -0.3 is 25.0 Å². The van der Waals surface area contributed by atoms with E-state index in [9.17, 15) is 29.4 Å². The number of aliphatic hydroxyl groups excluding tert-OH is 1. The van der Waals surface area contributed by atoms with Crippen LogP contribution in [0.5, 0.6) is 0 Å². The molecular weight excluding hydrogens is 634 g/mol. The largest absolute Gasteiger partial charge is 0.458 e. The molecule has 4 aliphatic carbocycles. The van der Waals surface area contributed by atoms with Crippen LogP contribution in [0.3, 0.4) is 0 Å². The first-order chi connectivity index (χ1) is 23.7. The lowest BCUT2D eigenvalue weighted by atomic mass is 9.45. The molecule has 9 nitrogen and oxygen atoms in total. The number of ether oxygens (including phenoxy) is 2. The molecule has 9 atom stereocenters. The predicted octanol–water partition coefficient (Wildman–Crippen LogP) is 5.39. The number of ketones is 2. The Morgan fingerprint density at radius 2 is 1.78 bits per heavy atom. The zero-order valence-electron chi connectivity index (χ0n) is 30.4. The molecule has 4 fully saturated rings. The quantitative estimate of drug-likeness (QED) is 0.263. The van der Waals surface area contributed by atoms with Crippen molar-refractivity contribution in [2.45, 2.75) is 128 Å². The molecule has 0 radical (unpaired) electrons. The Bertz CT molecular complexity index is 1490. The number of amides is 1. The SMILES string of the molecule is CC(C)[C@H]1C[C@@](CCNC(=O)CCC(=O)OCC(=O)[C@]2(O)CC[C@@H]3[C@@H]4CCC5=CC(=O)CC[C@]5(C)[C@@H]4[C@@H](O)C[C@@]32C)(c2ccccc2)CCO1. The second kappa shape index (κ2) is 14.3. The molecule has 3 saturated carbocycles. The lowest BCUT2D eigenvalue weighted by Crippen LogP contribution is -2.62. The van der Waals surface area contributed by atoms with Crippen LogP contribution in [-0.2, 0) is 34.1 Å². The lowest BCUT2D eigenvalue weighted by molar-refractivity contribution is -0.184. The Labute approximate surface area is 296 Å². The summed E-state index contributed by atoms with van der Waals surface area (Å²) in [4.78, 5) is 51.3. The van der Waals surface area contributed by atoms with Crippen LogP contribution in [-0.4, -0.2) is 71.2 Å². The molecule has 0 bridgehead atoms. The van der Waals surface area contributed by atoms with Crippen molar-refractivity contribution in [3.63, 3.8) is 0 Å². The summed E-state index contributed by atoms with van der Waals surface area (Å²) in [7, 11) is 0. The molecule has 274 valence electrons. The van der Waals surface area contributed by atoms with E-state index in [0.717, 1.165) is 44.1 Å². The minimum Gasteiger partial charge on any atom is -0.458 e. The van der Waals surface area contributed by atoms with Crippen LogP contribution in [0.2, 0.25) is 0 Å². The molecule has 0 aromatic heterocycles. The minimum atomic E-state index is -1.71. The summed E-state index contributed by atoms with van der Waals surface area (Å²) in [6, 6.07) is 10.4. The van der Waals surface area contributed by atoms with Crippen LogP contribution in [0.15, 0.2) is 42.0 Å². The highest BCUT2D eigenvalue weighted by Gasteiger charge is 2.68. The van der Waals surface area contributed by atoms with Gasteiger partial charge in [-0.1, -0.05) is 63.6 Å². The Balaban J connectivity index is 0.996. The molecule has 3 N–H and O–H groups in total. The van der Waals surface area contributed by atoms with E-state index in [0.29, 0.717) is 31.9 Å². The van der Waals surface area contributed by atoms with Crippen molar-refractivity contribution in [3.05, 3.63) is 47.5 Å². The number of Topliss-reactive ketones (excluding diaryl/α,β-unsaturated/α-hetero) is 1. The topological polar surface area (TPSA) is 139 Å². The number of hydrogen-bond donors (Lipinski definition) is 3. The standard InChI is InChI=1S/C41H57NO8/c1-26(2)33-24-40(19-21-49-33,27-8-6-5-7-9-27)18-20-42-35(46)12-13-36(47)50-25-34(45)41(48)17-15-31-30-11-10-28-22-29(43)14-16-38(28,3)37(30)32(44)23-39(31,41)4/h5-9,22,26,30-33,37,44,48H,10-21,23-25H2,1-4H3,(H,42,46)/t30-,31+,32-,33+,37-,38-,39-,40-,41+/m0/s1. The van der Waals surface area contributed by atoms with Gasteiger partial charge in [-0.25, -0.2) is 0 Å². The van der Waals surface area contributed by atoms with Gasteiger partial charge >= 0.3 is 5.97 Å². The second-order valence-electron chi connectivity index (χ2n) is 16.9. The third-order valence-electron chi connectivity index (χ3n) is 14.0. The van der Waals surface area contributed by atoms with Crippen molar-refractivity contribution in [2.24, 2.45) is 34.5 Å². The summed E-state index contributed by atoms with van der Waals surface area (Å²) in [5.41, 5.74) is -0.529. The van der Waals surface area contributed by atoms with Crippen molar-refractivity contribution >= 4 is 23.4 Å². The highest BCUT2D eigenvalue weighted by atomic mass is 16.5. The summed E-state index contributed by atoms with van der Waals surface area (Å²) < 4.78 is 11.4. The molecule has 1 heterocycles. The van der Waals surface area contributed by atoms with Gasteiger partial charge in [0.05, 0.1) is 18.6 Å². The number of carbonyl (C=O) groups excluding carboxylic acids is 4. The van der Waals surface area contributed by atoms with Gasteiger partial charge in [0.15, 0.2) is 12.4 Å². The molecular formula is C41H57NO8. The first kappa shape index (κ1) is 36.9. The highest BCUT2D eigenvalue weighted by molar-refractivity contribution is 5.92. The molecule has 1 aromatic rings. The lowest BCUT2D eigenvalue weighted by Gasteiger charge is -2.60. The molecule has 5 aliphatic rings. The number of nitrogens with one attached hydrogen (secondary N) is 1. The molecule has 1 saturated heterocycles. The average molecular weight is 692 g/mol. The number of fused-ring (bicyclic) bond motifs is 5. The van der Waals surface area contributed by atoms with Gasteiger partial charge in [0.2, 0.25) is 11.7 Å². The smallest absolute Gasteiger partial charge is 0.306 e. The maximum Gasteiger partial charge on any atom is 0.306 e. The molecule has 50 heavy (non-hydrogen) atoms. The summed E-state index contributed by atoms with van der Waals surface area (Å²) in [5.74, 6) is -0.747. The number of allylic oxidation sites excluding steroid dienone is 1. The van der Waals surface area contributed by atoms with Crippen LogP contribution in [0.1, 0.15) is 110 Å². The van der Waals surface area contributed by atoms with Crippen LogP contribution in [0, 0.1) is 34.5 Å². The van der Waals surface area contributed by atoms with Crippen molar-refractivity contribution in [3.8, 4) is 0 Å². The fraction of sp³-hybridized carbons (Fsp3) is 0.707. The van der Waals surface area contributed by atoms with Gasteiger partial charge in [0, 0.05) is 36.8 Å². The normalized spacial score (nSPS) is 38.0. The van der Waals surface area contributed by atoms with Gasteiger partial charge in [-0.2, -0.15) is 0 Å². The van der Waals surface area contributed by atoms with Crippen LogP contribution in [0.25, 0.3) is 0 Å². The molecule has 1 aromatic carbocycles. The molecule has 0 spiro atoms. The van der Waals surface area contributed by atoms with Crippen LogP contribution >= 0.6 is 0 Å². The van der Waals surface area contributed by atoms with E-state index >= 15 is 0 Å². The van der Waals surface area contributed by atoms with E-state index in [2.05, 4.69) is 50.4 Å². The van der Waals surface area contributed by atoms with Crippen molar-refractivity contribution in [1.82, 2.24) is 5.32 Å².